The van der Waals surface area contributed by atoms with Crippen molar-refractivity contribution >= 4 is 77.5 Å². The molecular formula is C59H58ClF3N10O7S. The van der Waals surface area contributed by atoms with Gasteiger partial charge in [0.1, 0.15) is 60.0 Å². The van der Waals surface area contributed by atoms with Gasteiger partial charge in [0.25, 0.3) is 11.5 Å². The first-order valence-electron chi connectivity index (χ1n) is 27.3. The van der Waals surface area contributed by atoms with Gasteiger partial charge < -0.3 is 44.7 Å². The zero-order chi connectivity index (χ0) is 56.8. The quantitative estimate of drug-likeness (QED) is 0.0529. The van der Waals surface area contributed by atoms with E-state index in [1.54, 1.807) is 34.6 Å². The number of rotatable bonds is 14. The molecule has 5 aliphatic heterocycles. The van der Waals surface area contributed by atoms with E-state index in [9.17, 15) is 29.1 Å². The summed E-state index contributed by atoms with van der Waals surface area (Å²) in [6.07, 6.45) is 3.92. The fourth-order valence-electron chi connectivity index (χ4n) is 12.9. The normalized spacial score (nSPS) is 21.6. The minimum absolute atomic E-state index is 0.000791. The third-order valence-corrected chi connectivity index (χ3v) is 18.4. The van der Waals surface area contributed by atoms with Crippen molar-refractivity contribution in [1.29, 1.82) is 5.26 Å². The number of nitrogens with zero attached hydrogens (tertiary/aromatic N) is 8. The number of aryl methyl sites for hydroxylation is 1. The van der Waals surface area contributed by atoms with Gasteiger partial charge in [-0.05, 0) is 107 Å². The van der Waals surface area contributed by atoms with E-state index in [0.717, 1.165) is 47.2 Å². The fraction of sp³-hybridized carbons (Fsp3) is 0.407. The van der Waals surface area contributed by atoms with Crippen LogP contribution in [-0.4, -0.2) is 124 Å². The summed E-state index contributed by atoms with van der Waals surface area (Å²) in [5.41, 5.74) is 7.77. The number of hydrogen-bond acceptors (Lipinski definition) is 16. The number of ether oxygens (including phenoxy) is 3. The van der Waals surface area contributed by atoms with Crippen molar-refractivity contribution in [2.45, 2.75) is 95.8 Å². The number of nitriles is 1. The molecule has 4 unspecified atom stereocenters. The van der Waals surface area contributed by atoms with E-state index in [-0.39, 0.29) is 135 Å². The topological polar surface area (TPSA) is 214 Å². The van der Waals surface area contributed by atoms with E-state index >= 15 is 8.78 Å². The van der Waals surface area contributed by atoms with Crippen LogP contribution in [0.25, 0.3) is 54.4 Å². The van der Waals surface area contributed by atoms with Crippen molar-refractivity contribution < 1.29 is 42.1 Å². The van der Waals surface area contributed by atoms with Gasteiger partial charge >= 0.3 is 12.0 Å². The van der Waals surface area contributed by atoms with Crippen LogP contribution < -0.4 is 31.0 Å². The number of alkyl halides is 1. The monoisotopic (exact) mass is 1140 g/mol. The van der Waals surface area contributed by atoms with Crippen LogP contribution in [0.4, 0.5) is 24.0 Å². The molecule has 0 bridgehead atoms. The minimum Gasteiger partial charge on any atom is -0.489 e. The number of cyclic esters (lactones) is 1. The van der Waals surface area contributed by atoms with Crippen molar-refractivity contribution in [2.75, 3.05) is 70.2 Å². The molecule has 0 saturated carbocycles. The Kier molecular flexibility index (Phi) is 14.0. The average molecular weight is 1140 g/mol. The molecule has 22 heteroatoms. The minimum atomic E-state index is -1.95. The number of carbonyl (C=O) groups excluding carboxylic acids is 2. The second kappa shape index (κ2) is 20.9. The molecule has 4 aromatic heterocycles. The first-order chi connectivity index (χ1) is 39.0. The zero-order valence-electron chi connectivity index (χ0n) is 45.1. The number of benzene rings is 3. The Bertz CT molecular complexity index is 3940. The number of hydrogen-bond donors (Lipinski definition) is 3. The van der Waals surface area contributed by atoms with Crippen LogP contribution in [0.15, 0.2) is 58.9 Å². The Balaban J connectivity index is 0.829. The van der Waals surface area contributed by atoms with Crippen molar-refractivity contribution in [3.05, 3.63) is 109 Å². The molecule has 81 heavy (non-hydrogen) atoms. The highest BCUT2D eigenvalue weighted by atomic mass is 35.5. The van der Waals surface area contributed by atoms with Gasteiger partial charge in [-0.3, -0.25) is 14.5 Å². The molecule has 0 spiro atoms. The summed E-state index contributed by atoms with van der Waals surface area (Å²) in [6.45, 7) is 8.05. The Morgan fingerprint density at radius 1 is 1.07 bits per heavy atom. The standard InChI is InChI=1S/C59H58ClF3N10O7S/c1-5-34-36-19-33(10-13-44(36)67-49-39(34)26-73-45(49)21-41-40(55(73)75)28-79-56(76)59(41,77)6-2)78-27-31(9-7-15-66-4)54(74)70-17-18-72(30(3)24-70)53-37-20-42(60)47(35-11-12-43(62)51-46(35)38(23-64)52(65)81-51)48(63)50(37)68-57(69-53)80-29-58-14-8-16-71(58)25-32(61)22-58/h9-13,19-21,30,32,66,77H,5-8,14-18,22,24-29,65H2,1-4H3/b31-9+. The van der Waals surface area contributed by atoms with E-state index < -0.39 is 41.0 Å². The van der Waals surface area contributed by atoms with Crippen LogP contribution >= 0.6 is 22.9 Å². The lowest BCUT2D eigenvalue weighted by Crippen LogP contribution is -2.54. The Hall–Kier alpha value is -7.35. The van der Waals surface area contributed by atoms with Gasteiger partial charge in [-0.1, -0.05) is 37.6 Å². The number of nitrogens with one attached hydrogen (secondary N) is 1. The van der Waals surface area contributed by atoms with Gasteiger partial charge in [0.2, 0.25) is 0 Å². The third kappa shape index (κ3) is 8.92. The Labute approximate surface area is 472 Å². The molecule has 17 nitrogen and oxygen atoms in total. The SMILES string of the molecule is CCc1c2c(nc3ccc(OC/C(=C\CCNC)C(=O)N4CCN(c5nc(OCC67CCCN6CC(F)C7)nc6c(F)c(-c7ccc(F)c8sc(N)c(C#N)c78)c(Cl)cc56)C(C)C4)cc13)-c1cc3c(c(=O)n1C2)COC(=O)C3(O)CC. The van der Waals surface area contributed by atoms with Crippen molar-refractivity contribution in [2.24, 2.45) is 0 Å². The molecule has 0 radical (unpaired) electrons. The highest BCUT2D eigenvalue weighted by molar-refractivity contribution is 7.23. The van der Waals surface area contributed by atoms with Crippen LogP contribution in [0.5, 0.6) is 11.8 Å². The van der Waals surface area contributed by atoms with Crippen molar-refractivity contribution in [3.63, 3.8) is 0 Å². The number of anilines is 2. The number of carbonyl (C=O) groups is 2. The number of thiophene rings is 1. The smallest absolute Gasteiger partial charge is 0.343 e. The summed E-state index contributed by atoms with van der Waals surface area (Å²) in [4.78, 5) is 61.8. The fourth-order valence-corrected chi connectivity index (χ4v) is 14.1. The number of piperazine rings is 1. The lowest BCUT2D eigenvalue weighted by Gasteiger charge is -2.41. The van der Waals surface area contributed by atoms with Crippen LogP contribution in [0, 0.1) is 23.0 Å². The second-order valence-electron chi connectivity index (χ2n) is 21.6. The van der Waals surface area contributed by atoms with Gasteiger partial charge in [0, 0.05) is 71.5 Å². The second-order valence-corrected chi connectivity index (χ2v) is 23.1. The molecule has 1 amide bonds. The summed E-state index contributed by atoms with van der Waals surface area (Å²) in [6, 6.07) is 12.8. The van der Waals surface area contributed by atoms with E-state index in [1.165, 1.54) is 12.1 Å². The lowest BCUT2D eigenvalue weighted by molar-refractivity contribution is -0.172. The highest BCUT2D eigenvalue weighted by Gasteiger charge is 2.50. The molecule has 4 N–H and O–H groups in total. The summed E-state index contributed by atoms with van der Waals surface area (Å²) in [5.74, 6) is -1.68. The maximum absolute atomic E-state index is 17.6. The molecule has 4 atom stereocenters. The van der Waals surface area contributed by atoms with Crippen LogP contribution in [0.3, 0.4) is 0 Å². The molecule has 7 aromatic rings. The predicted molar refractivity (Wildman–Crippen MR) is 302 cm³/mol. The largest absolute Gasteiger partial charge is 0.489 e. The number of esters is 1. The maximum Gasteiger partial charge on any atom is 0.343 e. The molecule has 0 aliphatic carbocycles. The molecule has 5 aliphatic rings. The Morgan fingerprint density at radius 2 is 1.90 bits per heavy atom. The third-order valence-electron chi connectivity index (χ3n) is 17.0. The van der Waals surface area contributed by atoms with E-state index in [1.807, 2.05) is 50.1 Å². The van der Waals surface area contributed by atoms with E-state index in [2.05, 4.69) is 15.2 Å². The summed E-state index contributed by atoms with van der Waals surface area (Å²) in [5, 5.41) is 25.9. The van der Waals surface area contributed by atoms with Gasteiger partial charge in [0.05, 0.1) is 55.4 Å². The lowest BCUT2D eigenvalue weighted by atomic mass is 9.86. The molecule has 3 saturated heterocycles. The van der Waals surface area contributed by atoms with Crippen molar-refractivity contribution in [1.82, 2.24) is 34.6 Å². The summed E-state index contributed by atoms with van der Waals surface area (Å²) in [7, 11) is 1.83. The number of nitrogens with two attached hydrogens (primary N) is 1. The highest BCUT2D eigenvalue weighted by Crippen LogP contribution is 2.47. The molecule has 3 aromatic carbocycles. The van der Waals surface area contributed by atoms with Gasteiger partial charge in [-0.15, -0.1) is 11.3 Å². The number of aliphatic hydroxyl groups is 1. The van der Waals surface area contributed by atoms with Crippen molar-refractivity contribution in [3.8, 4) is 40.3 Å². The van der Waals surface area contributed by atoms with Gasteiger partial charge in [0.15, 0.2) is 11.4 Å². The molecule has 12 rings (SSSR count). The number of amides is 1. The summed E-state index contributed by atoms with van der Waals surface area (Å²) >= 11 is 7.93. The van der Waals surface area contributed by atoms with Gasteiger partial charge in [-0.25, -0.2) is 22.9 Å². The molecule has 9 heterocycles. The number of fused-ring (bicyclic) bond motifs is 8. The molecular weight excluding hydrogens is 1090 g/mol. The van der Waals surface area contributed by atoms with E-state index in [4.69, 9.17) is 41.5 Å². The number of nitrogen functional groups attached to an aromatic ring is 1. The maximum atomic E-state index is 17.6. The van der Waals surface area contributed by atoms with Crippen LogP contribution in [-0.2, 0) is 39.5 Å². The van der Waals surface area contributed by atoms with Crippen LogP contribution in [0.1, 0.15) is 80.7 Å². The summed E-state index contributed by atoms with van der Waals surface area (Å²) < 4.78 is 67.6. The molecule has 420 valence electrons. The Morgan fingerprint density at radius 3 is 2.67 bits per heavy atom. The van der Waals surface area contributed by atoms with Gasteiger partial charge in [-0.2, -0.15) is 15.2 Å². The number of pyridine rings is 2. The average Bonchev–Trinajstić information content (AvgIpc) is 4.13. The number of aromatic nitrogens is 4. The first kappa shape index (κ1) is 54.2. The zero-order valence-corrected chi connectivity index (χ0v) is 46.6. The number of halogens is 4. The predicted octanol–water partition coefficient (Wildman–Crippen LogP) is 8.46. The van der Waals surface area contributed by atoms with Crippen LogP contribution in [0.2, 0.25) is 5.02 Å². The van der Waals surface area contributed by atoms with E-state index in [0.29, 0.717) is 60.0 Å². The first-order valence-corrected chi connectivity index (χ1v) is 28.5. The molecule has 3 fully saturated rings.